The van der Waals surface area contributed by atoms with E-state index in [-0.39, 0.29) is 6.61 Å². The number of thioether (sulfide) groups is 1. The fourth-order valence-electron chi connectivity index (χ4n) is 1.87. The highest BCUT2D eigenvalue weighted by Crippen LogP contribution is 2.20. The standard InChI is InChI=1S/C16H15BrN2O3S/c1-10-8-11(17)5-6-13(10)19-14(20)9-22-16(21)12-4-3-7-18-15(12)23-2/h3-8H,9H2,1-2H3,(H,19,20). The Morgan fingerprint density at radius 3 is 2.83 bits per heavy atom. The Morgan fingerprint density at radius 2 is 2.13 bits per heavy atom. The molecule has 0 aliphatic heterocycles. The molecule has 0 unspecified atom stereocenters. The van der Waals surface area contributed by atoms with Crippen molar-refractivity contribution in [2.24, 2.45) is 0 Å². The number of carbonyl (C=O) groups is 2. The topological polar surface area (TPSA) is 68.3 Å². The van der Waals surface area contributed by atoms with Crippen molar-refractivity contribution in [1.82, 2.24) is 4.98 Å². The molecule has 1 aromatic carbocycles. The average molecular weight is 395 g/mol. The number of halogens is 1. The molecule has 0 aliphatic carbocycles. The lowest BCUT2D eigenvalue weighted by atomic mass is 10.2. The number of aromatic nitrogens is 1. The number of ether oxygens (including phenoxy) is 1. The van der Waals surface area contributed by atoms with Crippen LogP contribution in [0.2, 0.25) is 0 Å². The van der Waals surface area contributed by atoms with E-state index in [1.165, 1.54) is 11.8 Å². The van der Waals surface area contributed by atoms with E-state index in [1.54, 1.807) is 24.4 Å². The largest absolute Gasteiger partial charge is 0.452 e. The van der Waals surface area contributed by atoms with Crippen LogP contribution in [0.15, 0.2) is 46.0 Å². The van der Waals surface area contributed by atoms with Crippen LogP contribution in [0.3, 0.4) is 0 Å². The van der Waals surface area contributed by atoms with Gasteiger partial charge in [-0.05, 0) is 49.1 Å². The van der Waals surface area contributed by atoms with E-state index < -0.39 is 11.9 Å². The van der Waals surface area contributed by atoms with Crippen molar-refractivity contribution in [1.29, 1.82) is 0 Å². The second kappa shape index (κ2) is 8.12. The molecule has 0 saturated heterocycles. The summed E-state index contributed by atoms with van der Waals surface area (Å²) >= 11 is 4.71. The quantitative estimate of drug-likeness (QED) is 0.618. The molecule has 5 nitrogen and oxygen atoms in total. The van der Waals surface area contributed by atoms with Crippen LogP contribution < -0.4 is 5.32 Å². The van der Waals surface area contributed by atoms with Gasteiger partial charge in [-0.3, -0.25) is 4.79 Å². The van der Waals surface area contributed by atoms with E-state index in [2.05, 4.69) is 26.2 Å². The molecule has 2 rings (SSSR count). The van der Waals surface area contributed by atoms with Crippen LogP contribution in [0.5, 0.6) is 0 Å². The highest BCUT2D eigenvalue weighted by atomic mass is 79.9. The van der Waals surface area contributed by atoms with Gasteiger partial charge in [-0.1, -0.05) is 15.9 Å². The van der Waals surface area contributed by atoms with E-state index >= 15 is 0 Å². The van der Waals surface area contributed by atoms with E-state index in [4.69, 9.17) is 4.74 Å². The van der Waals surface area contributed by atoms with Crippen molar-refractivity contribution in [3.05, 3.63) is 52.1 Å². The summed E-state index contributed by atoms with van der Waals surface area (Å²) in [4.78, 5) is 28.0. The molecule has 0 bridgehead atoms. The average Bonchev–Trinajstić information content (AvgIpc) is 2.55. The van der Waals surface area contributed by atoms with Gasteiger partial charge in [0, 0.05) is 16.4 Å². The van der Waals surface area contributed by atoms with Crippen LogP contribution in [0.25, 0.3) is 0 Å². The number of aryl methyl sites for hydroxylation is 1. The number of carbonyl (C=O) groups excluding carboxylic acids is 2. The Balaban J connectivity index is 1.95. The molecule has 0 spiro atoms. The molecule has 1 amide bonds. The predicted molar refractivity (Wildman–Crippen MR) is 93.8 cm³/mol. The lowest BCUT2D eigenvalue weighted by molar-refractivity contribution is -0.119. The molecule has 1 aromatic heterocycles. The van der Waals surface area contributed by atoms with Gasteiger partial charge in [-0.25, -0.2) is 9.78 Å². The number of benzene rings is 1. The maximum absolute atomic E-state index is 12.0. The van der Waals surface area contributed by atoms with Crippen molar-refractivity contribution in [2.45, 2.75) is 11.9 Å². The summed E-state index contributed by atoms with van der Waals surface area (Å²) in [5.41, 5.74) is 1.95. The molecule has 0 saturated carbocycles. The number of nitrogens with zero attached hydrogens (tertiary/aromatic N) is 1. The zero-order chi connectivity index (χ0) is 16.8. The molecule has 23 heavy (non-hydrogen) atoms. The highest BCUT2D eigenvalue weighted by Gasteiger charge is 2.15. The third-order valence-corrected chi connectivity index (χ3v) is 4.19. The molecule has 120 valence electrons. The van der Waals surface area contributed by atoms with E-state index in [9.17, 15) is 9.59 Å². The monoisotopic (exact) mass is 394 g/mol. The predicted octanol–water partition coefficient (Wildman–Crippen LogP) is 3.67. The zero-order valence-corrected chi connectivity index (χ0v) is 15.0. The molecule has 0 aliphatic rings. The van der Waals surface area contributed by atoms with Crippen LogP contribution in [-0.2, 0) is 9.53 Å². The van der Waals surface area contributed by atoms with Gasteiger partial charge in [0.1, 0.15) is 5.03 Å². The summed E-state index contributed by atoms with van der Waals surface area (Å²) in [5.74, 6) is -0.955. The number of pyridine rings is 1. The number of hydrogen-bond acceptors (Lipinski definition) is 5. The molecule has 0 atom stereocenters. The Labute approximate surface area is 147 Å². The normalized spacial score (nSPS) is 10.2. The molecule has 1 N–H and O–H groups in total. The number of anilines is 1. The molecular formula is C16H15BrN2O3S. The molecule has 0 fully saturated rings. The fourth-order valence-corrected chi connectivity index (χ4v) is 2.88. The van der Waals surface area contributed by atoms with Gasteiger partial charge in [0.05, 0.1) is 5.56 Å². The fraction of sp³-hybridized carbons (Fsp3) is 0.188. The van der Waals surface area contributed by atoms with Gasteiger partial charge < -0.3 is 10.1 Å². The van der Waals surface area contributed by atoms with Crippen molar-refractivity contribution in [3.63, 3.8) is 0 Å². The van der Waals surface area contributed by atoms with Crippen molar-refractivity contribution >= 4 is 45.3 Å². The minimum absolute atomic E-state index is 0.350. The summed E-state index contributed by atoms with van der Waals surface area (Å²) in [7, 11) is 0. The molecule has 1 heterocycles. The third-order valence-electron chi connectivity index (χ3n) is 2.98. The van der Waals surface area contributed by atoms with Crippen molar-refractivity contribution < 1.29 is 14.3 Å². The molecule has 7 heteroatoms. The number of nitrogens with one attached hydrogen (secondary N) is 1. The van der Waals surface area contributed by atoms with Gasteiger partial charge in [0.15, 0.2) is 6.61 Å². The van der Waals surface area contributed by atoms with Gasteiger partial charge in [-0.2, -0.15) is 0 Å². The van der Waals surface area contributed by atoms with Gasteiger partial charge >= 0.3 is 5.97 Å². The lowest BCUT2D eigenvalue weighted by Gasteiger charge is -2.10. The van der Waals surface area contributed by atoms with Crippen LogP contribution in [-0.4, -0.2) is 29.7 Å². The summed E-state index contributed by atoms with van der Waals surface area (Å²) in [6, 6.07) is 8.78. The molecular weight excluding hydrogens is 380 g/mol. The number of rotatable bonds is 5. The summed E-state index contributed by atoms with van der Waals surface area (Å²) in [6.45, 7) is 1.53. The first-order valence-corrected chi connectivity index (χ1v) is 8.75. The summed E-state index contributed by atoms with van der Waals surface area (Å²) < 4.78 is 5.99. The Bertz CT molecular complexity index is 737. The smallest absolute Gasteiger partial charge is 0.341 e. The van der Waals surface area contributed by atoms with Crippen molar-refractivity contribution in [2.75, 3.05) is 18.2 Å². The van der Waals surface area contributed by atoms with Gasteiger partial charge in [-0.15, -0.1) is 11.8 Å². The number of esters is 1. The Morgan fingerprint density at radius 1 is 1.35 bits per heavy atom. The summed E-state index contributed by atoms with van der Waals surface area (Å²) in [6.07, 6.45) is 3.42. The third kappa shape index (κ3) is 4.80. The van der Waals surface area contributed by atoms with E-state index in [0.29, 0.717) is 16.3 Å². The Kier molecular flexibility index (Phi) is 6.18. The zero-order valence-electron chi connectivity index (χ0n) is 12.6. The summed E-state index contributed by atoms with van der Waals surface area (Å²) in [5, 5.41) is 3.29. The van der Waals surface area contributed by atoms with E-state index in [1.807, 2.05) is 25.3 Å². The minimum Gasteiger partial charge on any atom is -0.452 e. The maximum atomic E-state index is 12.0. The highest BCUT2D eigenvalue weighted by molar-refractivity contribution is 9.10. The first kappa shape index (κ1) is 17.5. The molecule has 0 radical (unpaired) electrons. The second-order valence-corrected chi connectivity index (χ2v) is 6.35. The van der Waals surface area contributed by atoms with Crippen LogP contribution in [0, 0.1) is 6.92 Å². The SMILES string of the molecule is CSc1ncccc1C(=O)OCC(=O)Nc1ccc(Br)cc1C. The first-order chi connectivity index (χ1) is 11.0. The van der Waals surface area contributed by atoms with Crippen LogP contribution >= 0.6 is 27.7 Å². The second-order valence-electron chi connectivity index (χ2n) is 4.64. The maximum Gasteiger partial charge on any atom is 0.341 e. The number of hydrogen-bond donors (Lipinski definition) is 1. The number of amides is 1. The first-order valence-electron chi connectivity index (χ1n) is 6.73. The van der Waals surface area contributed by atoms with E-state index in [0.717, 1.165) is 10.0 Å². The lowest BCUT2D eigenvalue weighted by Crippen LogP contribution is -2.21. The van der Waals surface area contributed by atoms with Gasteiger partial charge in [0.2, 0.25) is 0 Å². The van der Waals surface area contributed by atoms with Crippen LogP contribution in [0.4, 0.5) is 5.69 Å². The van der Waals surface area contributed by atoms with Crippen LogP contribution in [0.1, 0.15) is 15.9 Å². The Hall–Kier alpha value is -1.86. The van der Waals surface area contributed by atoms with Gasteiger partial charge in [0.25, 0.3) is 5.91 Å². The minimum atomic E-state index is -0.565. The van der Waals surface area contributed by atoms with Crippen molar-refractivity contribution in [3.8, 4) is 0 Å². The molecule has 2 aromatic rings.